The van der Waals surface area contributed by atoms with Crippen LogP contribution in [0.1, 0.15) is 42.1 Å². The molecule has 2 rings (SSSR count). The Labute approximate surface area is 143 Å². The van der Waals surface area contributed by atoms with E-state index >= 15 is 0 Å². The Balaban J connectivity index is 1.89. The molecule has 0 aliphatic heterocycles. The first-order chi connectivity index (χ1) is 11.0. The topological polar surface area (TPSA) is 29.1 Å². The number of hydrogen-bond donors (Lipinski definition) is 1. The van der Waals surface area contributed by atoms with Crippen LogP contribution in [0.15, 0.2) is 48.5 Å². The molecule has 2 aromatic rings. The first-order valence-electron chi connectivity index (χ1n) is 8.00. The van der Waals surface area contributed by atoms with Gasteiger partial charge >= 0.3 is 0 Å². The third-order valence-electron chi connectivity index (χ3n) is 3.96. The summed E-state index contributed by atoms with van der Waals surface area (Å²) in [6, 6.07) is 16.7. The monoisotopic (exact) mass is 327 g/mol. The second kappa shape index (κ2) is 8.21. The standard InChI is InChI=1S/C20H25NOS/c1-14-10-11-19(15(2)12-14)16(3)21-20(22)17(4)23-13-18-8-6-5-7-9-18/h5-12,16-17H,13H2,1-4H3,(H,21,22)/t16-,17-/m1/s1. The van der Waals surface area contributed by atoms with Crippen molar-refractivity contribution in [2.75, 3.05) is 0 Å². The smallest absolute Gasteiger partial charge is 0.233 e. The van der Waals surface area contributed by atoms with Crippen LogP contribution in [0.3, 0.4) is 0 Å². The summed E-state index contributed by atoms with van der Waals surface area (Å²) in [6.07, 6.45) is 0. The zero-order valence-electron chi connectivity index (χ0n) is 14.3. The molecule has 3 heteroatoms. The molecule has 0 aliphatic carbocycles. The molecule has 122 valence electrons. The molecule has 2 aromatic carbocycles. The zero-order chi connectivity index (χ0) is 16.8. The summed E-state index contributed by atoms with van der Waals surface area (Å²) in [4.78, 5) is 12.4. The first kappa shape index (κ1) is 17.6. The number of carbonyl (C=O) groups excluding carboxylic acids is 1. The number of hydrogen-bond acceptors (Lipinski definition) is 2. The lowest BCUT2D eigenvalue weighted by Crippen LogP contribution is -2.33. The van der Waals surface area contributed by atoms with Gasteiger partial charge in [0.15, 0.2) is 0 Å². The van der Waals surface area contributed by atoms with Crippen molar-refractivity contribution in [3.05, 3.63) is 70.8 Å². The maximum absolute atomic E-state index is 12.4. The van der Waals surface area contributed by atoms with Gasteiger partial charge in [0.25, 0.3) is 0 Å². The fourth-order valence-corrected chi connectivity index (χ4v) is 3.45. The van der Waals surface area contributed by atoms with Gasteiger partial charge in [-0.3, -0.25) is 4.79 Å². The third-order valence-corrected chi connectivity index (χ3v) is 5.18. The molecular formula is C20H25NOS. The molecule has 0 saturated heterocycles. The van der Waals surface area contributed by atoms with Crippen molar-refractivity contribution in [3.8, 4) is 0 Å². The van der Waals surface area contributed by atoms with Crippen LogP contribution in [-0.2, 0) is 10.5 Å². The van der Waals surface area contributed by atoms with E-state index in [0.717, 1.165) is 5.75 Å². The van der Waals surface area contributed by atoms with E-state index in [2.05, 4.69) is 49.5 Å². The highest BCUT2D eigenvalue weighted by atomic mass is 32.2. The molecule has 0 saturated carbocycles. The average molecular weight is 327 g/mol. The number of thioether (sulfide) groups is 1. The number of aryl methyl sites for hydroxylation is 2. The minimum absolute atomic E-state index is 0.0304. The molecule has 0 fully saturated rings. The van der Waals surface area contributed by atoms with Crippen LogP contribution in [0, 0.1) is 13.8 Å². The van der Waals surface area contributed by atoms with Crippen molar-refractivity contribution >= 4 is 17.7 Å². The quantitative estimate of drug-likeness (QED) is 0.825. The van der Waals surface area contributed by atoms with Gasteiger partial charge < -0.3 is 5.32 Å². The van der Waals surface area contributed by atoms with E-state index in [1.165, 1.54) is 22.3 Å². The second-order valence-corrected chi connectivity index (χ2v) is 7.36. The molecular weight excluding hydrogens is 302 g/mol. The van der Waals surface area contributed by atoms with Gasteiger partial charge in [-0.15, -0.1) is 11.8 Å². The van der Waals surface area contributed by atoms with Crippen molar-refractivity contribution in [2.24, 2.45) is 0 Å². The van der Waals surface area contributed by atoms with Gasteiger partial charge in [-0.1, -0.05) is 54.1 Å². The molecule has 0 radical (unpaired) electrons. The maximum atomic E-state index is 12.4. The SMILES string of the molecule is Cc1ccc([C@@H](C)NC(=O)[C@@H](C)SCc2ccccc2)c(C)c1. The summed E-state index contributed by atoms with van der Waals surface area (Å²) in [5.41, 5.74) is 4.91. The Kier molecular flexibility index (Phi) is 6.28. The lowest BCUT2D eigenvalue weighted by Gasteiger charge is -2.19. The molecule has 0 bridgehead atoms. The van der Waals surface area contributed by atoms with Crippen molar-refractivity contribution in [1.82, 2.24) is 5.32 Å². The lowest BCUT2D eigenvalue weighted by molar-refractivity contribution is -0.120. The number of benzene rings is 2. The van der Waals surface area contributed by atoms with Crippen LogP contribution in [0.4, 0.5) is 0 Å². The second-order valence-electron chi connectivity index (χ2n) is 6.03. The largest absolute Gasteiger partial charge is 0.349 e. The molecule has 0 heterocycles. The number of nitrogens with one attached hydrogen (secondary N) is 1. The van der Waals surface area contributed by atoms with E-state index in [1.54, 1.807) is 11.8 Å². The molecule has 2 atom stereocenters. The Morgan fingerprint density at radius 1 is 1.09 bits per heavy atom. The number of amides is 1. The Morgan fingerprint density at radius 3 is 2.43 bits per heavy atom. The van der Waals surface area contributed by atoms with Crippen LogP contribution in [0.5, 0.6) is 0 Å². The van der Waals surface area contributed by atoms with Gasteiger partial charge in [-0.05, 0) is 44.4 Å². The Morgan fingerprint density at radius 2 is 1.78 bits per heavy atom. The number of carbonyl (C=O) groups is 1. The highest BCUT2D eigenvalue weighted by Crippen LogP contribution is 2.21. The predicted octanol–water partition coefficient (Wildman–Crippen LogP) is 4.80. The van der Waals surface area contributed by atoms with Gasteiger partial charge in [0.2, 0.25) is 5.91 Å². The minimum atomic E-state index is -0.0663. The van der Waals surface area contributed by atoms with Crippen LogP contribution in [0.25, 0.3) is 0 Å². The summed E-state index contributed by atoms with van der Waals surface area (Å²) in [5.74, 6) is 0.950. The van der Waals surface area contributed by atoms with Gasteiger partial charge in [-0.25, -0.2) is 0 Å². The maximum Gasteiger partial charge on any atom is 0.233 e. The fraction of sp³-hybridized carbons (Fsp3) is 0.350. The molecule has 2 nitrogen and oxygen atoms in total. The minimum Gasteiger partial charge on any atom is -0.349 e. The molecule has 23 heavy (non-hydrogen) atoms. The van der Waals surface area contributed by atoms with Crippen LogP contribution in [-0.4, -0.2) is 11.2 Å². The molecule has 1 N–H and O–H groups in total. The van der Waals surface area contributed by atoms with Crippen LogP contribution in [0.2, 0.25) is 0 Å². The molecule has 0 aliphatic rings. The Bertz CT molecular complexity index is 654. The highest BCUT2D eigenvalue weighted by molar-refractivity contribution is 7.99. The van der Waals surface area contributed by atoms with E-state index in [4.69, 9.17) is 0 Å². The van der Waals surface area contributed by atoms with Crippen molar-refractivity contribution in [2.45, 2.75) is 44.7 Å². The van der Waals surface area contributed by atoms with E-state index in [9.17, 15) is 4.79 Å². The average Bonchev–Trinajstić information content (AvgIpc) is 2.53. The normalized spacial score (nSPS) is 13.4. The van der Waals surface area contributed by atoms with Crippen molar-refractivity contribution in [1.29, 1.82) is 0 Å². The summed E-state index contributed by atoms with van der Waals surface area (Å²) in [6.45, 7) is 8.20. The van der Waals surface area contributed by atoms with Crippen LogP contribution < -0.4 is 5.32 Å². The van der Waals surface area contributed by atoms with E-state index < -0.39 is 0 Å². The summed E-state index contributed by atoms with van der Waals surface area (Å²) in [5, 5.41) is 3.07. The zero-order valence-corrected chi connectivity index (χ0v) is 15.1. The molecule has 0 aromatic heterocycles. The lowest BCUT2D eigenvalue weighted by atomic mass is 10.0. The van der Waals surface area contributed by atoms with Gasteiger partial charge in [0, 0.05) is 5.75 Å². The summed E-state index contributed by atoms with van der Waals surface area (Å²) < 4.78 is 0. The third kappa shape index (κ3) is 5.14. The van der Waals surface area contributed by atoms with Crippen molar-refractivity contribution in [3.63, 3.8) is 0 Å². The summed E-state index contributed by atoms with van der Waals surface area (Å²) in [7, 11) is 0. The Hall–Kier alpha value is -1.74. The molecule has 1 amide bonds. The van der Waals surface area contributed by atoms with Crippen LogP contribution >= 0.6 is 11.8 Å². The van der Waals surface area contributed by atoms with Crippen molar-refractivity contribution < 1.29 is 4.79 Å². The number of rotatable bonds is 6. The van der Waals surface area contributed by atoms with E-state index in [1.807, 2.05) is 32.0 Å². The molecule has 0 unspecified atom stereocenters. The molecule has 0 spiro atoms. The van der Waals surface area contributed by atoms with Gasteiger partial charge in [0.1, 0.15) is 0 Å². The van der Waals surface area contributed by atoms with E-state index in [0.29, 0.717) is 0 Å². The van der Waals surface area contributed by atoms with Gasteiger partial charge in [0.05, 0.1) is 11.3 Å². The van der Waals surface area contributed by atoms with E-state index in [-0.39, 0.29) is 17.2 Å². The highest BCUT2D eigenvalue weighted by Gasteiger charge is 2.17. The fourth-order valence-electron chi connectivity index (χ4n) is 2.59. The van der Waals surface area contributed by atoms with Gasteiger partial charge in [-0.2, -0.15) is 0 Å². The predicted molar refractivity (Wildman–Crippen MR) is 99.7 cm³/mol. The summed E-state index contributed by atoms with van der Waals surface area (Å²) >= 11 is 1.67. The first-order valence-corrected chi connectivity index (χ1v) is 9.05.